The fraction of sp³-hybridized carbons (Fsp3) is 0.692. The molecule has 0 aromatic carbocycles. The van der Waals surface area contributed by atoms with Crippen molar-refractivity contribution in [3.63, 3.8) is 0 Å². The largest absolute Gasteiger partial charge is 0.328 e. The van der Waals surface area contributed by atoms with Gasteiger partial charge in [0.2, 0.25) is 11.8 Å². The lowest BCUT2D eigenvalue weighted by atomic mass is 10.0. The number of carbonyl (C=O) groups excluding carboxylic acids is 3. The Morgan fingerprint density at radius 3 is 2.35 bits per heavy atom. The summed E-state index contributed by atoms with van der Waals surface area (Å²) in [6.07, 6.45) is 3.73. The molecule has 110 valence electrons. The zero-order valence-electron chi connectivity index (χ0n) is 11.6. The van der Waals surface area contributed by atoms with E-state index in [9.17, 15) is 14.4 Å². The predicted molar refractivity (Wildman–Crippen MR) is 73.4 cm³/mol. The third kappa shape index (κ3) is 3.63. The number of nitrogens with one attached hydrogen (secondary N) is 2. The van der Waals surface area contributed by atoms with Crippen LogP contribution in [0.4, 0.5) is 4.79 Å². The van der Waals surface area contributed by atoms with Gasteiger partial charge in [-0.15, -0.1) is 0 Å². The van der Waals surface area contributed by atoms with E-state index in [0.717, 1.165) is 19.6 Å². The molecule has 2 fully saturated rings. The van der Waals surface area contributed by atoms with Crippen LogP contribution in [0, 0.1) is 5.92 Å². The maximum atomic E-state index is 11.6. The van der Waals surface area contributed by atoms with Crippen LogP contribution in [-0.4, -0.2) is 54.6 Å². The molecule has 0 atom stereocenters. The molecule has 2 saturated heterocycles. The molecule has 2 aliphatic rings. The van der Waals surface area contributed by atoms with E-state index in [-0.39, 0.29) is 0 Å². The molecule has 0 aliphatic carbocycles. The summed E-state index contributed by atoms with van der Waals surface area (Å²) in [5.41, 5.74) is 0.449. The van der Waals surface area contributed by atoms with Gasteiger partial charge in [0.1, 0.15) is 0 Å². The van der Waals surface area contributed by atoms with Crippen LogP contribution in [0.25, 0.3) is 0 Å². The Labute approximate surface area is 117 Å². The lowest BCUT2D eigenvalue weighted by Crippen LogP contribution is -2.57. The van der Waals surface area contributed by atoms with Crippen molar-refractivity contribution in [2.75, 3.05) is 26.2 Å². The minimum Gasteiger partial charge on any atom is -0.301 e. The second-order valence-corrected chi connectivity index (χ2v) is 5.17. The first kappa shape index (κ1) is 14.6. The number of piperidine rings is 1. The highest BCUT2D eigenvalue weighted by atomic mass is 16.2. The van der Waals surface area contributed by atoms with E-state index in [1.807, 2.05) is 0 Å². The number of hydrogen-bond acceptors (Lipinski definition) is 5. The van der Waals surface area contributed by atoms with Crippen LogP contribution in [0.5, 0.6) is 0 Å². The van der Waals surface area contributed by atoms with Crippen LogP contribution in [-0.2, 0) is 9.59 Å². The molecule has 2 rings (SSSR count). The lowest BCUT2D eigenvalue weighted by Gasteiger charge is -2.26. The van der Waals surface area contributed by atoms with Crippen molar-refractivity contribution in [1.29, 1.82) is 0 Å². The standard InChI is InChI=1S/C13H20N4O3/c1-9(10-11(18)15-13(20)16-12(10)19)14-5-8-17-6-3-2-4-7-17/h10H,2-8H2,1H3,(H2,15,16,18,19,20). The maximum Gasteiger partial charge on any atom is 0.328 e. The molecular weight excluding hydrogens is 260 g/mol. The molecule has 2 N–H and O–H groups in total. The minimum atomic E-state index is -0.992. The van der Waals surface area contributed by atoms with Gasteiger partial charge in [-0.05, 0) is 32.9 Å². The monoisotopic (exact) mass is 280 g/mol. The number of rotatable bonds is 4. The van der Waals surface area contributed by atoms with E-state index in [1.54, 1.807) is 6.92 Å². The van der Waals surface area contributed by atoms with Gasteiger partial charge in [-0.3, -0.25) is 25.2 Å². The Morgan fingerprint density at radius 1 is 1.15 bits per heavy atom. The second kappa shape index (κ2) is 6.60. The van der Waals surface area contributed by atoms with Crippen molar-refractivity contribution in [1.82, 2.24) is 15.5 Å². The molecule has 4 amide bonds. The molecule has 0 spiro atoms. The number of carbonyl (C=O) groups is 3. The fourth-order valence-corrected chi connectivity index (χ4v) is 2.54. The number of urea groups is 1. The van der Waals surface area contributed by atoms with Gasteiger partial charge in [0.05, 0.1) is 6.54 Å². The predicted octanol–water partition coefficient (Wildman–Crippen LogP) is -0.0846. The number of hydrogen-bond donors (Lipinski definition) is 2. The molecule has 7 heteroatoms. The summed E-state index contributed by atoms with van der Waals surface area (Å²) in [5.74, 6) is -2.19. The van der Waals surface area contributed by atoms with Gasteiger partial charge < -0.3 is 4.90 Å². The Kier molecular flexibility index (Phi) is 4.84. The van der Waals surface area contributed by atoms with E-state index < -0.39 is 23.8 Å². The van der Waals surface area contributed by atoms with Crippen molar-refractivity contribution in [3.8, 4) is 0 Å². The SMILES string of the molecule is CC(=NCCN1CCCCC1)C1C(=O)NC(=O)NC1=O. The first-order valence-electron chi connectivity index (χ1n) is 6.97. The zero-order valence-corrected chi connectivity index (χ0v) is 11.6. The Bertz CT molecular complexity index is 421. The molecule has 0 unspecified atom stereocenters. The Hall–Kier alpha value is -1.76. The van der Waals surface area contributed by atoms with Gasteiger partial charge in [0.25, 0.3) is 0 Å². The van der Waals surface area contributed by atoms with Crippen molar-refractivity contribution >= 4 is 23.6 Å². The van der Waals surface area contributed by atoms with Crippen molar-refractivity contribution in [2.45, 2.75) is 26.2 Å². The minimum absolute atomic E-state index is 0.449. The van der Waals surface area contributed by atoms with Crippen LogP contribution in [0.2, 0.25) is 0 Å². The van der Waals surface area contributed by atoms with Crippen molar-refractivity contribution in [3.05, 3.63) is 0 Å². The average Bonchev–Trinajstić information content (AvgIpc) is 2.38. The highest BCUT2D eigenvalue weighted by Gasteiger charge is 2.36. The summed E-state index contributed by atoms with van der Waals surface area (Å²) in [5, 5.41) is 4.16. The molecule has 0 aromatic rings. The van der Waals surface area contributed by atoms with E-state index in [4.69, 9.17) is 0 Å². The van der Waals surface area contributed by atoms with Gasteiger partial charge >= 0.3 is 6.03 Å². The molecule has 7 nitrogen and oxygen atoms in total. The van der Waals surface area contributed by atoms with E-state index in [0.29, 0.717) is 12.3 Å². The average molecular weight is 280 g/mol. The first-order valence-corrected chi connectivity index (χ1v) is 6.97. The van der Waals surface area contributed by atoms with Gasteiger partial charge in [0, 0.05) is 12.3 Å². The summed E-state index contributed by atoms with van der Waals surface area (Å²) in [4.78, 5) is 40.9. The van der Waals surface area contributed by atoms with Crippen LogP contribution in [0.3, 0.4) is 0 Å². The summed E-state index contributed by atoms with van der Waals surface area (Å²) in [7, 11) is 0. The molecule has 0 radical (unpaired) electrons. The molecular formula is C13H20N4O3. The van der Waals surface area contributed by atoms with E-state index in [2.05, 4.69) is 20.5 Å². The number of imide groups is 2. The first-order chi connectivity index (χ1) is 9.58. The van der Waals surface area contributed by atoms with Gasteiger partial charge in [-0.2, -0.15) is 0 Å². The number of amides is 4. The van der Waals surface area contributed by atoms with Crippen LogP contribution < -0.4 is 10.6 Å². The molecule has 2 aliphatic heterocycles. The highest BCUT2D eigenvalue weighted by molar-refractivity contribution is 6.27. The van der Waals surface area contributed by atoms with Crippen LogP contribution in [0.1, 0.15) is 26.2 Å². The topological polar surface area (TPSA) is 90.9 Å². The summed E-state index contributed by atoms with van der Waals surface area (Å²) < 4.78 is 0. The summed E-state index contributed by atoms with van der Waals surface area (Å²) in [6.45, 7) is 5.24. The normalized spacial score (nSPS) is 22.6. The number of likely N-dealkylation sites (tertiary alicyclic amines) is 1. The molecule has 20 heavy (non-hydrogen) atoms. The number of barbiturate groups is 1. The second-order valence-electron chi connectivity index (χ2n) is 5.17. The van der Waals surface area contributed by atoms with Crippen LogP contribution in [0.15, 0.2) is 4.99 Å². The summed E-state index contributed by atoms with van der Waals surface area (Å²) in [6, 6.07) is -0.766. The third-order valence-corrected chi connectivity index (χ3v) is 3.64. The number of aliphatic imine (C=N–C) groups is 1. The van der Waals surface area contributed by atoms with Crippen LogP contribution >= 0.6 is 0 Å². The fourth-order valence-electron chi connectivity index (χ4n) is 2.54. The van der Waals surface area contributed by atoms with Crippen molar-refractivity contribution < 1.29 is 14.4 Å². The van der Waals surface area contributed by atoms with Gasteiger partial charge in [0.15, 0.2) is 5.92 Å². The highest BCUT2D eigenvalue weighted by Crippen LogP contribution is 2.09. The van der Waals surface area contributed by atoms with Gasteiger partial charge in [-0.25, -0.2) is 4.79 Å². The quantitative estimate of drug-likeness (QED) is 0.556. The summed E-state index contributed by atoms with van der Waals surface area (Å²) >= 11 is 0. The third-order valence-electron chi connectivity index (χ3n) is 3.64. The Balaban J connectivity index is 1.87. The molecule has 0 bridgehead atoms. The van der Waals surface area contributed by atoms with Gasteiger partial charge in [-0.1, -0.05) is 6.42 Å². The van der Waals surface area contributed by atoms with E-state index in [1.165, 1.54) is 19.3 Å². The molecule has 2 heterocycles. The maximum absolute atomic E-state index is 11.6. The van der Waals surface area contributed by atoms with Crippen molar-refractivity contribution in [2.24, 2.45) is 10.9 Å². The van der Waals surface area contributed by atoms with E-state index >= 15 is 0 Å². The molecule has 0 saturated carbocycles. The lowest BCUT2D eigenvalue weighted by molar-refractivity contribution is -0.132. The Morgan fingerprint density at radius 2 is 1.75 bits per heavy atom. The number of nitrogens with zero attached hydrogens (tertiary/aromatic N) is 2. The molecule has 0 aromatic heterocycles. The smallest absolute Gasteiger partial charge is 0.301 e. The zero-order chi connectivity index (χ0) is 14.5.